The van der Waals surface area contributed by atoms with E-state index in [9.17, 15) is 9.59 Å². The van der Waals surface area contributed by atoms with Crippen LogP contribution in [0.1, 0.15) is 39.0 Å². The molecule has 0 fully saturated rings. The third kappa shape index (κ3) is 3.63. The first-order valence-electron chi connectivity index (χ1n) is 9.82. The second kappa shape index (κ2) is 8.24. The molecule has 0 spiro atoms. The van der Waals surface area contributed by atoms with Gasteiger partial charge in [0.05, 0.1) is 22.5 Å². The molecule has 1 N–H and O–H groups in total. The van der Waals surface area contributed by atoms with E-state index < -0.39 is 0 Å². The van der Waals surface area contributed by atoms with Crippen LogP contribution >= 0.6 is 23.1 Å². The number of benzene rings is 1. The first kappa shape index (κ1) is 20.6. The van der Waals surface area contributed by atoms with Crippen LogP contribution in [0.3, 0.4) is 0 Å². The van der Waals surface area contributed by atoms with Gasteiger partial charge in [-0.2, -0.15) is 0 Å². The number of thioether (sulfide) groups is 1. The molecule has 3 aromatic heterocycles. The van der Waals surface area contributed by atoms with Gasteiger partial charge in [-0.05, 0) is 68.1 Å². The molecule has 0 atom stereocenters. The third-order valence-corrected chi connectivity index (χ3v) is 7.31. The summed E-state index contributed by atoms with van der Waals surface area (Å²) in [6.45, 7) is 8.17. The maximum absolute atomic E-state index is 13.6. The molecule has 30 heavy (non-hydrogen) atoms. The molecule has 0 saturated carbocycles. The number of nitrogens with zero attached hydrogens (tertiary/aromatic N) is 2. The molecule has 154 valence electrons. The van der Waals surface area contributed by atoms with Crippen LogP contribution in [0.4, 0.5) is 0 Å². The molecule has 5 nitrogen and oxygen atoms in total. The van der Waals surface area contributed by atoms with E-state index in [1.807, 2.05) is 39.0 Å². The van der Waals surface area contributed by atoms with Crippen molar-refractivity contribution in [2.24, 2.45) is 0 Å². The number of carbonyl (C=O) groups is 1. The number of fused-ring (bicyclic) bond motifs is 1. The number of hydrogen-bond acceptors (Lipinski definition) is 5. The molecule has 7 heteroatoms. The predicted octanol–water partition coefficient (Wildman–Crippen LogP) is 5.24. The lowest BCUT2D eigenvalue weighted by Gasteiger charge is -2.13. The minimum absolute atomic E-state index is 0.0254. The maximum Gasteiger partial charge on any atom is 0.267 e. The summed E-state index contributed by atoms with van der Waals surface area (Å²) in [4.78, 5) is 35.8. The molecule has 1 aromatic carbocycles. The average molecular weight is 438 g/mol. The molecule has 4 rings (SSSR count). The van der Waals surface area contributed by atoms with Crippen molar-refractivity contribution in [3.8, 4) is 5.69 Å². The number of H-pyrrole nitrogens is 1. The minimum atomic E-state index is -0.0701. The monoisotopic (exact) mass is 437 g/mol. The van der Waals surface area contributed by atoms with Crippen LogP contribution in [0.25, 0.3) is 15.9 Å². The summed E-state index contributed by atoms with van der Waals surface area (Å²) in [5.74, 6) is 0.177. The van der Waals surface area contributed by atoms with E-state index in [4.69, 9.17) is 4.98 Å². The van der Waals surface area contributed by atoms with Crippen molar-refractivity contribution in [1.29, 1.82) is 0 Å². The summed E-state index contributed by atoms with van der Waals surface area (Å²) in [6.07, 6.45) is 2.52. The van der Waals surface area contributed by atoms with E-state index in [1.165, 1.54) is 11.8 Å². The minimum Gasteiger partial charge on any atom is -0.359 e. The summed E-state index contributed by atoms with van der Waals surface area (Å²) in [6, 6.07) is 9.52. The number of Topliss-reactive ketones (excluding diaryl/α,β-unsaturated/α-hetero) is 1. The molecular weight excluding hydrogens is 414 g/mol. The van der Waals surface area contributed by atoms with Gasteiger partial charge in [-0.15, -0.1) is 11.3 Å². The molecule has 0 radical (unpaired) electrons. The number of hydrogen-bond donors (Lipinski definition) is 1. The zero-order chi connectivity index (χ0) is 21.4. The Morgan fingerprint density at radius 1 is 1.20 bits per heavy atom. The summed E-state index contributed by atoms with van der Waals surface area (Å²) < 4.78 is 1.66. The van der Waals surface area contributed by atoms with Gasteiger partial charge in [-0.25, -0.2) is 4.98 Å². The van der Waals surface area contributed by atoms with Crippen molar-refractivity contribution >= 4 is 39.1 Å². The fraction of sp³-hybridized carbons (Fsp3) is 0.261. The molecule has 0 amide bonds. The fourth-order valence-corrected chi connectivity index (χ4v) is 5.58. The van der Waals surface area contributed by atoms with Gasteiger partial charge in [-0.1, -0.05) is 24.8 Å². The van der Waals surface area contributed by atoms with E-state index in [0.29, 0.717) is 16.2 Å². The van der Waals surface area contributed by atoms with Crippen molar-refractivity contribution in [2.45, 2.75) is 39.3 Å². The zero-order valence-electron chi connectivity index (χ0n) is 17.4. The highest BCUT2D eigenvalue weighted by atomic mass is 32.2. The van der Waals surface area contributed by atoms with E-state index in [-0.39, 0.29) is 17.1 Å². The standard InChI is InChI=1S/C23H23N3O2S2/c1-5-17-15(4)30-21-20(17)22(28)26(16-9-8-13(2)14(3)11-16)23(25-21)29-12-19(27)18-7-6-10-24-18/h6-11,24H,5,12H2,1-4H3. The lowest BCUT2D eigenvalue weighted by molar-refractivity contribution is 0.101. The van der Waals surface area contributed by atoms with Gasteiger partial charge >= 0.3 is 0 Å². The summed E-state index contributed by atoms with van der Waals surface area (Å²) in [5.41, 5.74) is 4.60. The van der Waals surface area contributed by atoms with Crippen LogP contribution in [-0.2, 0) is 6.42 Å². The summed E-state index contributed by atoms with van der Waals surface area (Å²) in [5, 5.41) is 1.23. The van der Waals surface area contributed by atoms with Gasteiger partial charge in [-0.3, -0.25) is 14.2 Å². The highest BCUT2D eigenvalue weighted by Gasteiger charge is 2.20. The average Bonchev–Trinajstić information content (AvgIpc) is 3.36. The molecule has 0 bridgehead atoms. The largest absolute Gasteiger partial charge is 0.359 e. The Labute approximate surface area is 183 Å². The second-order valence-corrected chi connectivity index (χ2v) is 9.42. The molecule has 0 aliphatic carbocycles. The van der Waals surface area contributed by atoms with Gasteiger partial charge < -0.3 is 4.98 Å². The lowest BCUT2D eigenvalue weighted by Crippen LogP contribution is -2.22. The molecule has 0 aliphatic rings. The van der Waals surface area contributed by atoms with Crippen LogP contribution in [0.5, 0.6) is 0 Å². The van der Waals surface area contributed by atoms with E-state index >= 15 is 0 Å². The van der Waals surface area contributed by atoms with E-state index in [0.717, 1.165) is 38.5 Å². The van der Waals surface area contributed by atoms with Crippen molar-refractivity contribution in [2.75, 3.05) is 5.75 Å². The van der Waals surface area contributed by atoms with Crippen molar-refractivity contribution in [3.05, 3.63) is 74.1 Å². The SMILES string of the molecule is CCc1c(C)sc2nc(SCC(=O)c3ccc[nH]3)n(-c3ccc(C)c(C)c3)c(=O)c12. The van der Waals surface area contributed by atoms with Gasteiger partial charge in [0.25, 0.3) is 5.56 Å². The van der Waals surface area contributed by atoms with Crippen LogP contribution in [0.15, 0.2) is 46.5 Å². The highest BCUT2D eigenvalue weighted by Crippen LogP contribution is 2.31. The van der Waals surface area contributed by atoms with E-state index in [1.54, 1.807) is 34.2 Å². The first-order valence-corrected chi connectivity index (χ1v) is 11.6. The number of rotatable bonds is 6. The highest BCUT2D eigenvalue weighted by molar-refractivity contribution is 7.99. The second-order valence-electron chi connectivity index (χ2n) is 7.27. The molecule has 0 aliphatic heterocycles. The molecule has 4 aromatic rings. The predicted molar refractivity (Wildman–Crippen MR) is 125 cm³/mol. The van der Waals surface area contributed by atoms with E-state index in [2.05, 4.69) is 11.9 Å². The summed E-state index contributed by atoms with van der Waals surface area (Å²) >= 11 is 2.84. The topological polar surface area (TPSA) is 67.8 Å². The van der Waals surface area contributed by atoms with Gasteiger partial charge in [0.1, 0.15) is 4.83 Å². The number of aromatic nitrogens is 3. The lowest BCUT2D eigenvalue weighted by atomic mass is 10.1. The number of aromatic amines is 1. The van der Waals surface area contributed by atoms with Crippen LogP contribution in [-0.4, -0.2) is 26.1 Å². The smallest absolute Gasteiger partial charge is 0.267 e. The Hall–Kier alpha value is -2.64. The van der Waals surface area contributed by atoms with Crippen LogP contribution < -0.4 is 5.56 Å². The summed E-state index contributed by atoms with van der Waals surface area (Å²) in [7, 11) is 0. The van der Waals surface area contributed by atoms with Gasteiger partial charge in [0.15, 0.2) is 10.9 Å². The molecule has 0 unspecified atom stereocenters. The van der Waals surface area contributed by atoms with Crippen molar-refractivity contribution in [3.63, 3.8) is 0 Å². The molecule has 0 saturated heterocycles. The molecule has 3 heterocycles. The number of aryl methyl sites for hydroxylation is 4. The Morgan fingerprint density at radius 2 is 2.00 bits per heavy atom. The maximum atomic E-state index is 13.6. The van der Waals surface area contributed by atoms with Crippen LogP contribution in [0.2, 0.25) is 0 Å². The number of ketones is 1. The van der Waals surface area contributed by atoms with Gasteiger partial charge in [0, 0.05) is 11.1 Å². The Morgan fingerprint density at radius 3 is 2.67 bits per heavy atom. The Bertz CT molecular complexity index is 1300. The normalized spacial score (nSPS) is 11.3. The van der Waals surface area contributed by atoms with Crippen LogP contribution in [0, 0.1) is 20.8 Å². The quantitative estimate of drug-likeness (QED) is 0.254. The first-order chi connectivity index (χ1) is 14.4. The number of carbonyl (C=O) groups excluding carboxylic acids is 1. The van der Waals surface area contributed by atoms with Gasteiger partial charge in [0.2, 0.25) is 0 Å². The Balaban J connectivity index is 1.87. The van der Waals surface area contributed by atoms with Crippen molar-refractivity contribution in [1.82, 2.24) is 14.5 Å². The zero-order valence-corrected chi connectivity index (χ0v) is 19.0. The number of nitrogens with one attached hydrogen (secondary N) is 1. The Kier molecular flexibility index (Phi) is 5.66. The molecular formula is C23H23N3O2S2. The fourth-order valence-electron chi connectivity index (χ4n) is 3.52. The number of thiophene rings is 1. The van der Waals surface area contributed by atoms with Crippen molar-refractivity contribution < 1.29 is 4.79 Å². The third-order valence-electron chi connectivity index (χ3n) is 5.33.